The first-order chi connectivity index (χ1) is 12.8. The predicted molar refractivity (Wildman–Crippen MR) is 112 cm³/mol. The number of fused-ring (bicyclic) bond motifs is 1. The van der Waals surface area contributed by atoms with Crippen LogP contribution in [0.5, 0.6) is 0 Å². The van der Waals surface area contributed by atoms with Crippen LogP contribution in [0.15, 0.2) is 47.8 Å². The molecule has 1 aromatic heterocycles. The van der Waals surface area contributed by atoms with Crippen LogP contribution in [-0.4, -0.2) is 10.9 Å². The SMILES string of the molecule is CCCCCCCCC(=O)Nc1nc(-c2ccc3ccccc3c2)cs1. The lowest BCUT2D eigenvalue weighted by atomic mass is 10.1. The standard InChI is InChI=1S/C22H26N2OS/c1-2-3-4-5-6-7-12-21(25)24-22-23-20(16-26-22)19-14-13-17-10-8-9-11-18(17)15-19/h8-11,13-16H,2-7,12H2,1H3,(H,23,24,25). The molecule has 0 spiro atoms. The van der Waals surface area contributed by atoms with Crippen molar-refractivity contribution in [2.24, 2.45) is 0 Å². The Labute approximate surface area is 159 Å². The highest BCUT2D eigenvalue weighted by Crippen LogP contribution is 2.27. The summed E-state index contributed by atoms with van der Waals surface area (Å²) in [6.45, 7) is 2.22. The average molecular weight is 367 g/mol. The zero-order valence-electron chi connectivity index (χ0n) is 15.3. The van der Waals surface area contributed by atoms with E-state index in [-0.39, 0.29) is 5.91 Å². The summed E-state index contributed by atoms with van der Waals surface area (Å²) < 4.78 is 0. The van der Waals surface area contributed by atoms with Gasteiger partial charge in [0.05, 0.1) is 5.69 Å². The summed E-state index contributed by atoms with van der Waals surface area (Å²) in [6, 6.07) is 14.6. The molecule has 1 heterocycles. The van der Waals surface area contributed by atoms with Gasteiger partial charge in [-0.05, 0) is 23.3 Å². The number of rotatable bonds is 9. The van der Waals surface area contributed by atoms with Crippen LogP contribution in [0.25, 0.3) is 22.0 Å². The number of nitrogens with one attached hydrogen (secondary N) is 1. The van der Waals surface area contributed by atoms with Crippen molar-refractivity contribution in [2.75, 3.05) is 5.32 Å². The third-order valence-electron chi connectivity index (χ3n) is 4.55. The Morgan fingerprint density at radius 3 is 2.62 bits per heavy atom. The van der Waals surface area contributed by atoms with E-state index in [2.05, 4.69) is 47.6 Å². The zero-order chi connectivity index (χ0) is 18.2. The van der Waals surface area contributed by atoms with E-state index < -0.39 is 0 Å². The van der Waals surface area contributed by atoms with E-state index in [1.54, 1.807) is 0 Å². The number of hydrogen-bond donors (Lipinski definition) is 1. The fourth-order valence-corrected chi connectivity index (χ4v) is 3.80. The van der Waals surface area contributed by atoms with Gasteiger partial charge >= 0.3 is 0 Å². The molecule has 0 saturated heterocycles. The molecule has 0 bridgehead atoms. The fourth-order valence-electron chi connectivity index (χ4n) is 3.06. The van der Waals surface area contributed by atoms with Crippen LogP contribution in [0, 0.1) is 0 Å². The minimum atomic E-state index is 0.0694. The normalized spacial score (nSPS) is 11.0. The van der Waals surface area contributed by atoms with Crippen molar-refractivity contribution in [2.45, 2.75) is 51.9 Å². The number of aromatic nitrogens is 1. The second-order valence-corrected chi connectivity index (χ2v) is 7.52. The first-order valence-corrected chi connectivity index (χ1v) is 10.4. The molecule has 3 aromatic rings. The molecule has 3 nitrogen and oxygen atoms in total. The van der Waals surface area contributed by atoms with Crippen molar-refractivity contribution >= 4 is 33.1 Å². The van der Waals surface area contributed by atoms with Crippen molar-refractivity contribution < 1.29 is 4.79 Å². The summed E-state index contributed by atoms with van der Waals surface area (Å²) in [7, 11) is 0. The second kappa shape index (κ2) is 9.48. The van der Waals surface area contributed by atoms with Crippen LogP contribution >= 0.6 is 11.3 Å². The molecular weight excluding hydrogens is 340 g/mol. The van der Waals surface area contributed by atoms with Crippen molar-refractivity contribution in [3.8, 4) is 11.3 Å². The number of benzene rings is 2. The van der Waals surface area contributed by atoms with Crippen LogP contribution in [0.2, 0.25) is 0 Å². The molecule has 4 heteroatoms. The van der Waals surface area contributed by atoms with E-state index in [1.807, 2.05) is 17.5 Å². The summed E-state index contributed by atoms with van der Waals surface area (Å²) in [5, 5.41) is 8.05. The van der Waals surface area contributed by atoms with E-state index in [0.717, 1.165) is 24.1 Å². The predicted octanol–water partition coefficient (Wildman–Crippen LogP) is 6.65. The molecule has 0 aliphatic heterocycles. The van der Waals surface area contributed by atoms with Crippen molar-refractivity contribution in [3.05, 3.63) is 47.8 Å². The lowest BCUT2D eigenvalue weighted by Crippen LogP contribution is -2.10. The van der Waals surface area contributed by atoms with Gasteiger partial charge in [0.1, 0.15) is 0 Å². The maximum absolute atomic E-state index is 12.1. The molecule has 2 aromatic carbocycles. The van der Waals surface area contributed by atoms with Gasteiger partial charge in [0.2, 0.25) is 5.91 Å². The van der Waals surface area contributed by atoms with Crippen LogP contribution in [0.4, 0.5) is 5.13 Å². The summed E-state index contributed by atoms with van der Waals surface area (Å²) in [4.78, 5) is 16.7. The number of anilines is 1. The molecule has 0 atom stereocenters. The summed E-state index contributed by atoms with van der Waals surface area (Å²) in [6.07, 6.45) is 7.72. The van der Waals surface area contributed by atoms with Gasteiger partial charge < -0.3 is 5.32 Å². The van der Waals surface area contributed by atoms with Crippen LogP contribution in [-0.2, 0) is 4.79 Å². The first-order valence-electron chi connectivity index (χ1n) is 9.51. The smallest absolute Gasteiger partial charge is 0.226 e. The van der Waals surface area contributed by atoms with Crippen LogP contribution in [0.1, 0.15) is 51.9 Å². The van der Waals surface area contributed by atoms with Crippen molar-refractivity contribution in [1.82, 2.24) is 4.98 Å². The number of amides is 1. The van der Waals surface area contributed by atoms with Gasteiger partial charge in [-0.25, -0.2) is 4.98 Å². The van der Waals surface area contributed by atoms with Gasteiger partial charge in [-0.2, -0.15) is 0 Å². The quantitative estimate of drug-likeness (QED) is 0.431. The largest absolute Gasteiger partial charge is 0.302 e. The van der Waals surface area contributed by atoms with Gasteiger partial charge in [0, 0.05) is 17.4 Å². The zero-order valence-corrected chi connectivity index (χ0v) is 16.1. The highest BCUT2D eigenvalue weighted by Gasteiger charge is 2.08. The third kappa shape index (κ3) is 5.15. The minimum absolute atomic E-state index is 0.0694. The van der Waals surface area contributed by atoms with Crippen LogP contribution < -0.4 is 5.32 Å². The number of unbranched alkanes of at least 4 members (excludes halogenated alkanes) is 5. The lowest BCUT2D eigenvalue weighted by molar-refractivity contribution is -0.116. The lowest BCUT2D eigenvalue weighted by Gasteiger charge is -2.03. The number of carbonyl (C=O) groups excluding carboxylic acids is 1. The molecule has 0 fully saturated rings. The maximum Gasteiger partial charge on any atom is 0.226 e. The third-order valence-corrected chi connectivity index (χ3v) is 5.31. The molecule has 1 amide bonds. The topological polar surface area (TPSA) is 42.0 Å². The summed E-state index contributed by atoms with van der Waals surface area (Å²) >= 11 is 1.49. The Hall–Kier alpha value is -2.20. The van der Waals surface area contributed by atoms with Gasteiger partial charge in [0.15, 0.2) is 5.13 Å². The number of thiazole rings is 1. The Balaban J connectivity index is 1.53. The molecule has 0 aliphatic carbocycles. The Morgan fingerprint density at radius 2 is 1.77 bits per heavy atom. The molecule has 3 rings (SSSR count). The average Bonchev–Trinajstić information content (AvgIpc) is 3.12. The first kappa shape index (κ1) is 18.6. The maximum atomic E-state index is 12.1. The van der Waals surface area contributed by atoms with Crippen molar-refractivity contribution in [1.29, 1.82) is 0 Å². The molecule has 0 radical (unpaired) electrons. The van der Waals surface area contributed by atoms with Crippen molar-refractivity contribution in [3.63, 3.8) is 0 Å². The summed E-state index contributed by atoms with van der Waals surface area (Å²) in [5.74, 6) is 0.0694. The van der Waals surface area contributed by atoms with Gasteiger partial charge in [0.25, 0.3) is 0 Å². The molecule has 136 valence electrons. The molecule has 0 saturated carbocycles. The second-order valence-electron chi connectivity index (χ2n) is 6.67. The van der Waals surface area contributed by atoms with Gasteiger partial charge in [-0.1, -0.05) is 75.4 Å². The Morgan fingerprint density at radius 1 is 1.00 bits per heavy atom. The molecule has 1 N–H and O–H groups in total. The van der Waals surface area contributed by atoms with E-state index in [9.17, 15) is 4.79 Å². The Kier molecular flexibility index (Phi) is 6.78. The number of hydrogen-bond acceptors (Lipinski definition) is 3. The van der Waals surface area contributed by atoms with Gasteiger partial charge in [-0.15, -0.1) is 11.3 Å². The number of nitrogens with zero attached hydrogens (tertiary/aromatic N) is 1. The molecule has 0 unspecified atom stereocenters. The molecule has 0 aliphatic rings. The van der Waals surface area contributed by atoms with E-state index in [4.69, 9.17) is 0 Å². The number of carbonyl (C=O) groups is 1. The molecular formula is C22H26N2OS. The highest BCUT2D eigenvalue weighted by molar-refractivity contribution is 7.14. The van der Waals surface area contributed by atoms with E-state index in [1.165, 1.54) is 47.8 Å². The highest BCUT2D eigenvalue weighted by atomic mass is 32.1. The minimum Gasteiger partial charge on any atom is -0.302 e. The van der Waals surface area contributed by atoms with Gasteiger partial charge in [-0.3, -0.25) is 4.79 Å². The Bertz CT molecular complexity index is 856. The van der Waals surface area contributed by atoms with E-state index >= 15 is 0 Å². The summed E-state index contributed by atoms with van der Waals surface area (Å²) in [5.41, 5.74) is 1.99. The fraction of sp³-hybridized carbons (Fsp3) is 0.364. The monoisotopic (exact) mass is 366 g/mol. The van der Waals surface area contributed by atoms with Crippen LogP contribution in [0.3, 0.4) is 0 Å². The molecule has 26 heavy (non-hydrogen) atoms. The van der Waals surface area contributed by atoms with E-state index in [0.29, 0.717) is 11.6 Å².